The SMILES string of the molecule is O=C(NC(C1CC1)C1CC1)c1ccc(C#CCO)c(F)c1. The summed E-state index contributed by atoms with van der Waals surface area (Å²) in [5.74, 6) is 5.40. The van der Waals surface area contributed by atoms with Crippen molar-refractivity contribution < 1.29 is 14.3 Å². The van der Waals surface area contributed by atoms with E-state index in [9.17, 15) is 9.18 Å². The number of hydrogen-bond acceptors (Lipinski definition) is 2. The smallest absolute Gasteiger partial charge is 0.251 e. The first-order valence-corrected chi connectivity index (χ1v) is 7.39. The molecule has 2 N–H and O–H groups in total. The highest BCUT2D eigenvalue weighted by atomic mass is 19.1. The number of hydrogen-bond donors (Lipinski definition) is 2. The summed E-state index contributed by atoms with van der Waals surface area (Å²) in [4.78, 5) is 12.2. The first kappa shape index (κ1) is 14.1. The Bertz CT molecular complexity index is 597. The fourth-order valence-electron chi connectivity index (χ4n) is 2.66. The maximum Gasteiger partial charge on any atom is 0.251 e. The van der Waals surface area contributed by atoms with Crippen LogP contribution < -0.4 is 5.32 Å². The second-order valence-electron chi connectivity index (χ2n) is 5.83. The number of benzene rings is 1. The second kappa shape index (κ2) is 5.87. The number of aliphatic hydroxyl groups is 1. The van der Waals surface area contributed by atoms with Crippen molar-refractivity contribution in [2.75, 3.05) is 6.61 Å². The quantitative estimate of drug-likeness (QED) is 0.833. The van der Waals surface area contributed by atoms with E-state index in [2.05, 4.69) is 17.2 Å². The number of rotatable bonds is 4. The van der Waals surface area contributed by atoms with Gasteiger partial charge in [0.15, 0.2) is 0 Å². The van der Waals surface area contributed by atoms with Crippen molar-refractivity contribution in [1.82, 2.24) is 5.32 Å². The molecule has 0 atom stereocenters. The Balaban J connectivity index is 1.70. The average molecular weight is 287 g/mol. The molecule has 1 aromatic carbocycles. The molecular formula is C17H18FNO2. The zero-order valence-corrected chi connectivity index (χ0v) is 11.7. The maximum absolute atomic E-state index is 13.8. The van der Waals surface area contributed by atoms with Gasteiger partial charge in [-0.15, -0.1) is 0 Å². The predicted octanol–water partition coefficient (Wildman–Crippen LogP) is 2.09. The van der Waals surface area contributed by atoms with Gasteiger partial charge in [0.1, 0.15) is 12.4 Å². The van der Waals surface area contributed by atoms with Crippen molar-refractivity contribution in [1.29, 1.82) is 0 Å². The first-order chi connectivity index (χ1) is 10.2. The lowest BCUT2D eigenvalue weighted by molar-refractivity contribution is 0.0926. The van der Waals surface area contributed by atoms with Gasteiger partial charge in [-0.05, 0) is 55.7 Å². The standard InChI is InChI=1S/C17H18FNO2/c18-15-10-14(8-3-11(15)2-1-9-20)17(21)19-16(12-4-5-12)13-6-7-13/h3,8,10,12-13,16,20H,4-7,9H2,(H,19,21). The summed E-state index contributed by atoms with van der Waals surface area (Å²) in [5.41, 5.74) is 0.523. The van der Waals surface area contributed by atoms with Crippen molar-refractivity contribution >= 4 is 5.91 Å². The molecule has 1 amide bonds. The third kappa shape index (κ3) is 3.43. The van der Waals surface area contributed by atoms with Crippen LogP contribution in [0, 0.1) is 29.5 Å². The van der Waals surface area contributed by atoms with Crippen LogP contribution in [-0.4, -0.2) is 23.7 Å². The van der Waals surface area contributed by atoms with Crippen LogP contribution in [0.25, 0.3) is 0 Å². The monoisotopic (exact) mass is 287 g/mol. The summed E-state index contributed by atoms with van der Waals surface area (Å²) in [6, 6.07) is 4.54. The summed E-state index contributed by atoms with van der Waals surface area (Å²) in [6.07, 6.45) is 4.74. The number of halogens is 1. The summed E-state index contributed by atoms with van der Waals surface area (Å²) in [5, 5.41) is 11.7. The molecule has 2 aliphatic carbocycles. The number of carbonyl (C=O) groups is 1. The van der Waals surface area contributed by atoms with Crippen molar-refractivity contribution in [3.63, 3.8) is 0 Å². The molecule has 2 fully saturated rings. The van der Waals surface area contributed by atoms with Crippen molar-refractivity contribution in [2.45, 2.75) is 31.7 Å². The van der Waals surface area contributed by atoms with Gasteiger partial charge in [-0.25, -0.2) is 4.39 Å². The van der Waals surface area contributed by atoms with Crippen LogP contribution in [0.5, 0.6) is 0 Å². The number of carbonyl (C=O) groups excluding carboxylic acids is 1. The van der Waals surface area contributed by atoms with Crippen LogP contribution in [0.2, 0.25) is 0 Å². The van der Waals surface area contributed by atoms with Crippen LogP contribution in [0.4, 0.5) is 4.39 Å². The third-order valence-corrected chi connectivity index (χ3v) is 4.09. The average Bonchev–Trinajstić information content (AvgIpc) is 3.36. The predicted molar refractivity (Wildman–Crippen MR) is 77.1 cm³/mol. The Morgan fingerprint density at radius 3 is 2.52 bits per heavy atom. The minimum absolute atomic E-state index is 0.196. The van der Waals surface area contributed by atoms with E-state index >= 15 is 0 Å². The Morgan fingerprint density at radius 2 is 2.00 bits per heavy atom. The van der Waals surface area contributed by atoms with Gasteiger partial charge in [-0.3, -0.25) is 4.79 Å². The molecule has 2 saturated carbocycles. The topological polar surface area (TPSA) is 49.3 Å². The Kier molecular flexibility index (Phi) is 3.94. The molecule has 0 saturated heterocycles. The highest BCUT2D eigenvalue weighted by molar-refractivity contribution is 5.94. The number of amides is 1. The molecule has 3 rings (SSSR count). The van der Waals surface area contributed by atoms with Crippen LogP contribution in [-0.2, 0) is 0 Å². The number of nitrogens with one attached hydrogen (secondary N) is 1. The third-order valence-electron chi connectivity index (χ3n) is 4.09. The lowest BCUT2D eigenvalue weighted by Crippen LogP contribution is -2.38. The summed E-state index contributed by atoms with van der Waals surface area (Å²) in [6.45, 7) is -0.313. The van der Waals surface area contributed by atoms with E-state index in [1.807, 2.05) is 0 Å². The Hall–Kier alpha value is -1.86. The minimum atomic E-state index is -0.530. The maximum atomic E-state index is 13.8. The molecule has 0 heterocycles. The highest BCUT2D eigenvalue weighted by Gasteiger charge is 2.42. The molecule has 0 aliphatic heterocycles. The van der Waals surface area contributed by atoms with E-state index in [1.165, 1.54) is 37.8 Å². The van der Waals surface area contributed by atoms with Crippen molar-refractivity contribution in [3.05, 3.63) is 35.1 Å². The van der Waals surface area contributed by atoms with E-state index in [-0.39, 0.29) is 24.1 Å². The molecule has 3 nitrogen and oxygen atoms in total. The van der Waals surface area contributed by atoms with Crippen molar-refractivity contribution in [3.8, 4) is 11.8 Å². The Morgan fingerprint density at radius 1 is 1.33 bits per heavy atom. The molecule has 110 valence electrons. The fourth-order valence-corrected chi connectivity index (χ4v) is 2.66. The molecule has 4 heteroatoms. The molecular weight excluding hydrogens is 269 g/mol. The molecule has 0 radical (unpaired) electrons. The van der Waals surface area contributed by atoms with Crippen LogP contribution in [0.15, 0.2) is 18.2 Å². The van der Waals surface area contributed by atoms with E-state index in [1.54, 1.807) is 6.07 Å². The van der Waals surface area contributed by atoms with Gasteiger partial charge in [-0.1, -0.05) is 11.8 Å². The highest BCUT2D eigenvalue weighted by Crippen LogP contribution is 2.44. The minimum Gasteiger partial charge on any atom is -0.384 e. The van der Waals surface area contributed by atoms with Crippen LogP contribution in [0.1, 0.15) is 41.6 Å². The molecule has 0 spiro atoms. The second-order valence-corrected chi connectivity index (χ2v) is 5.83. The lowest BCUT2D eigenvalue weighted by Gasteiger charge is -2.17. The molecule has 2 aliphatic rings. The molecule has 21 heavy (non-hydrogen) atoms. The van der Waals surface area contributed by atoms with Crippen LogP contribution >= 0.6 is 0 Å². The molecule has 0 unspecified atom stereocenters. The normalized spacial score (nSPS) is 17.3. The van der Waals surface area contributed by atoms with Gasteiger partial charge in [0.2, 0.25) is 0 Å². The summed E-state index contributed by atoms with van der Waals surface area (Å²) in [7, 11) is 0. The van der Waals surface area contributed by atoms with Crippen molar-refractivity contribution in [2.24, 2.45) is 11.8 Å². The largest absolute Gasteiger partial charge is 0.384 e. The molecule has 1 aromatic rings. The van der Waals surface area contributed by atoms with E-state index in [0.717, 1.165) is 0 Å². The summed E-state index contributed by atoms with van der Waals surface area (Å²) >= 11 is 0. The van der Waals surface area contributed by atoms with Gasteiger partial charge in [0.25, 0.3) is 5.91 Å². The molecule has 0 bridgehead atoms. The summed E-state index contributed by atoms with van der Waals surface area (Å²) < 4.78 is 13.8. The van der Waals surface area contributed by atoms with E-state index < -0.39 is 5.82 Å². The van der Waals surface area contributed by atoms with Gasteiger partial charge < -0.3 is 10.4 Å². The Labute approximate surface area is 123 Å². The van der Waals surface area contributed by atoms with Gasteiger partial charge in [0.05, 0.1) is 5.56 Å². The lowest BCUT2D eigenvalue weighted by atomic mass is 10.1. The van der Waals surface area contributed by atoms with Gasteiger partial charge in [-0.2, -0.15) is 0 Å². The zero-order valence-electron chi connectivity index (χ0n) is 11.7. The van der Waals surface area contributed by atoms with E-state index in [0.29, 0.717) is 17.4 Å². The fraction of sp³-hybridized carbons (Fsp3) is 0.471. The first-order valence-electron chi connectivity index (χ1n) is 7.39. The zero-order chi connectivity index (χ0) is 14.8. The van der Waals surface area contributed by atoms with E-state index in [4.69, 9.17) is 5.11 Å². The van der Waals surface area contributed by atoms with Gasteiger partial charge >= 0.3 is 0 Å². The number of aliphatic hydroxyl groups excluding tert-OH is 1. The van der Waals surface area contributed by atoms with Crippen LogP contribution in [0.3, 0.4) is 0 Å². The molecule has 0 aromatic heterocycles. The van der Waals surface area contributed by atoms with Gasteiger partial charge in [0, 0.05) is 11.6 Å².